The van der Waals surface area contributed by atoms with Gasteiger partial charge in [-0.2, -0.15) is 0 Å². The van der Waals surface area contributed by atoms with Crippen LogP contribution in [0.2, 0.25) is 5.02 Å². The van der Waals surface area contributed by atoms with Crippen molar-refractivity contribution in [3.8, 4) is 5.75 Å². The molecule has 0 aromatic heterocycles. The summed E-state index contributed by atoms with van der Waals surface area (Å²) in [7, 11) is 0. The van der Waals surface area contributed by atoms with Crippen LogP contribution in [0.15, 0.2) is 36.1 Å². The lowest BCUT2D eigenvalue weighted by Gasteiger charge is -2.24. The fourth-order valence-electron chi connectivity index (χ4n) is 2.12. The summed E-state index contributed by atoms with van der Waals surface area (Å²) in [6.45, 7) is 4.40. The SMILES string of the molecule is CCNC(COc1cccc(Cl)c1)C1=COCCC1. The van der Waals surface area contributed by atoms with Crippen LogP contribution in [0.1, 0.15) is 19.8 Å². The van der Waals surface area contributed by atoms with Crippen molar-refractivity contribution in [1.29, 1.82) is 0 Å². The van der Waals surface area contributed by atoms with Gasteiger partial charge in [0.1, 0.15) is 12.4 Å². The van der Waals surface area contributed by atoms with E-state index >= 15 is 0 Å². The molecule has 3 nitrogen and oxygen atoms in total. The third-order valence-electron chi connectivity index (χ3n) is 3.07. The van der Waals surface area contributed by atoms with Crippen molar-refractivity contribution in [2.24, 2.45) is 0 Å². The monoisotopic (exact) mass is 281 g/mol. The molecule has 1 aliphatic heterocycles. The van der Waals surface area contributed by atoms with Gasteiger partial charge < -0.3 is 14.8 Å². The lowest BCUT2D eigenvalue weighted by atomic mass is 10.0. The van der Waals surface area contributed by atoms with E-state index in [1.165, 1.54) is 5.57 Å². The first-order valence-electron chi connectivity index (χ1n) is 6.72. The van der Waals surface area contributed by atoms with Gasteiger partial charge in [-0.15, -0.1) is 0 Å². The minimum Gasteiger partial charge on any atom is -0.501 e. The van der Waals surface area contributed by atoms with Gasteiger partial charge in [0, 0.05) is 5.02 Å². The molecule has 0 spiro atoms. The first-order valence-corrected chi connectivity index (χ1v) is 7.09. The van der Waals surface area contributed by atoms with Crippen molar-refractivity contribution < 1.29 is 9.47 Å². The minimum absolute atomic E-state index is 0.198. The Morgan fingerprint density at radius 2 is 2.37 bits per heavy atom. The predicted octanol–water partition coefficient (Wildman–Crippen LogP) is 3.39. The summed E-state index contributed by atoms with van der Waals surface area (Å²) in [5.41, 5.74) is 1.27. The highest BCUT2D eigenvalue weighted by molar-refractivity contribution is 6.30. The van der Waals surface area contributed by atoms with E-state index in [2.05, 4.69) is 12.2 Å². The van der Waals surface area contributed by atoms with Crippen LogP contribution in [0.4, 0.5) is 0 Å². The molecule has 2 rings (SSSR count). The van der Waals surface area contributed by atoms with Crippen LogP contribution in [0.3, 0.4) is 0 Å². The molecule has 1 aromatic carbocycles. The lowest BCUT2D eigenvalue weighted by molar-refractivity contribution is 0.209. The third-order valence-corrected chi connectivity index (χ3v) is 3.31. The quantitative estimate of drug-likeness (QED) is 0.867. The lowest BCUT2D eigenvalue weighted by Crippen LogP contribution is -2.37. The van der Waals surface area contributed by atoms with E-state index in [-0.39, 0.29) is 6.04 Å². The van der Waals surface area contributed by atoms with Gasteiger partial charge in [-0.25, -0.2) is 0 Å². The summed E-state index contributed by atoms with van der Waals surface area (Å²) in [4.78, 5) is 0. The molecule has 0 aliphatic carbocycles. The van der Waals surface area contributed by atoms with Crippen LogP contribution in [-0.2, 0) is 4.74 Å². The van der Waals surface area contributed by atoms with Gasteiger partial charge in [-0.05, 0) is 43.2 Å². The number of likely N-dealkylation sites (N-methyl/N-ethyl adjacent to an activating group) is 1. The number of nitrogens with one attached hydrogen (secondary N) is 1. The number of halogens is 1. The molecule has 104 valence electrons. The minimum atomic E-state index is 0.198. The standard InChI is InChI=1S/C15H20ClNO2/c1-2-17-15(12-5-4-8-18-10-12)11-19-14-7-3-6-13(16)9-14/h3,6-7,9-10,15,17H,2,4-5,8,11H2,1H3. The number of hydrogen-bond acceptors (Lipinski definition) is 3. The summed E-state index contributed by atoms with van der Waals surface area (Å²) in [5, 5.41) is 4.12. The Morgan fingerprint density at radius 1 is 1.47 bits per heavy atom. The highest BCUT2D eigenvalue weighted by Gasteiger charge is 2.17. The van der Waals surface area contributed by atoms with E-state index in [1.807, 2.05) is 30.5 Å². The number of rotatable bonds is 6. The molecular formula is C15H20ClNO2. The van der Waals surface area contributed by atoms with Crippen molar-refractivity contribution in [3.63, 3.8) is 0 Å². The normalized spacial score (nSPS) is 16.4. The van der Waals surface area contributed by atoms with E-state index in [4.69, 9.17) is 21.1 Å². The average Bonchev–Trinajstić information content (AvgIpc) is 2.44. The molecule has 0 saturated heterocycles. The first kappa shape index (κ1) is 14.2. The molecule has 0 radical (unpaired) electrons. The maximum absolute atomic E-state index is 5.94. The zero-order chi connectivity index (χ0) is 13.5. The van der Waals surface area contributed by atoms with Gasteiger partial charge in [-0.3, -0.25) is 0 Å². The fraction of sp³-hybridized carbons (Fsp3) is 0.467. The second kappa shape index (κ2) is 7.41. The van der Waals surface area contributed by atoms with Crippen LogP contribution < -0.4 is 10.1 Å². The van der Waals surface area contributed by atoms with E-state index in [9.17, 15) is 0 Å². The van der Waals surface area contributed by atoms with Crippen LogP contribution in [0.5, 0.6) is 5.75 Å². The van der Waals surface area contributed by atoms with Gasteiger partial charge in [-0.1, -0.05) is 24.6 Å². The largest absolute Gasteiger partial charge is 0.501 e. The Balaban J connectivity index is 1.95. The highest BCUT2D eigenvalue weighted by atomic mass is 35.5. The molecule has 1 unspecified atom stereocenters. The maximum Gasteiger partial charge on any atom is 0.120 e. The van der Waals surface area contributed by atoms with Crippen molar-refractivity contribution in [3.05, 3.63) is 41.1 Å². The summed E-state index contributed by atoms with van der Waals surface area (Å²) in [6.07, 6.45) is 4.01. The zero-order valence-electron chi connectivity index (χ0n) is 11.2. The number of hydrogen-bond donors (Lipinski definition) is 1. The summed E-state index contributed by atoms with van der Waals surface area (Å²) in [5.74, 6) is 0.799. The Morgan fingerprint density at radius 3 is 3.05 bits per heavy atom. The van der Waals surface area contributed by atoms with Crippen LogP contribution in [0.25, 0.3) is 0 Å². The molecule has 19 heavy (non-hydrogen) atoms. The molecular weight excluding hydrogens is 262 g/mol. The Hall–Kier alpha value is -1.19. The van der Waals surface area contributed by atoms with E-state index in [1.54, 1.807) is 0 Å². The van der Waals surface area contributed by atoms with E-state index in [0.717, 1.165) is 31.7 Å². The summed E-state index contributed by atoms with van der Waals surface area (Å²) < 4.78 is 11.2. The van der Waals surface area contributed by atoms with Crippen molar-refractivity contribution >= 4 is 11.6 Å². The number of benzene rings is 1. The number of ether oxygens (including phenoxy) is 2. The molecule has 4 heteroatoms. The van der Waals surface area contributed by atoms with Crippen molar-refractivity contribution in [2.75, 3.05) is 19.8 Å². The Labute approximate surface area is 119 Å². The van der Waals surface area contributed by atoms with Gasteiger partial charge in [0.25, 0.3) is 0 Å². The molecule has 0 saturated carbocycles. The molecule has 1 N–H and O–H groups in total. The zero-order valence-corrected chi connectivity index (χ0v) is 12.0. The second-order valence-corrected chi connectivity index (χ2v) is 4.98. The Kier molecular flexibility index (Phi) is 5.55. The van der Waals surface area contributed by atoms with Crippen LogP contribution >= 0.6 is 11.6 Å². The molecule has 0 fully saturated rings. The van der Waals surface area contributed by atoms with Crippen molar-refractivity contribution in [1.82, 2.24) is 5.32 Å². The highest BCUT2D eigenvalue weighted by Crippen LogP contribution is 2.20. The average molecular weight is 282 g/mol. The molecule has 1 aromatic rings. The van der Waals surface area contributed by atoms with Gasteiger partial charge in [0.05, 0.1) is 18.9 Å². The fourth-order valence-corrected chi connectivity index (χ4v) is 2.30. The molecule has 0 amide bonds. The second-order valence-electron chi connectivity index (χ2n) is 4.55. The summed E-state index contributed by atoms with van der Waals surface area (Å²) >= 11 is 5.94. The van der Waals surface area contributed by atoms with Gasteiger partial charge in [0.15, 0.2) is 0 Å². The van der Waals surface area contributed by atoms with E-state index in [0.29, 0.717) is 11.6 Å². The molecule has 1 atom stereocenters. The van der Waals surface area contributed by atoms with Gasteiger partial charge >= 0.3 is 0 Å². The Bertz CT molecular complexity index is 434. The first-order chi connectivity index (χ1) is 9.29. The molecule has 1 heterocycles. The van der Waals surface area contributed by atoms with Crippen LogP contribution in [-0.4, -0.2) is 25.8 Å². The summed E-state index contributed by atoms with van der Waals surface area (Å²) in [6, 6.07) is 7.68. The maximum atomic E-state index is 5.94. The predicted molar refractivity (Wildman–Crippen MR) is 77.7 cm³/mol. The molecule has 0 bridgehead atoms. The van der Waals surface area contributed by atoms with Crippen LogP contribution in [0, 0.1) is 0 Å². The van der Waals surface area contributed by atoms with Gasteiger partial charge in [0.2, 0.25) is 0 Å². The topological polar surface area (TPSA) is 30.5 Å². The molecule has 1 aliphatic rings. The van der Waals surface area contributed by atoms with Crippen molar-refractivity contribution in [2.45, 2.75) is 25.8 Å². The van der Waals surface area contributed by atoms with E-state index < -0.39 is 0 Å². The smallest absolute Gasteiger partial charge is 0.120 e. The third kappa shape index (κ3) is 4.44.